The van der Waals surface area contributed by atoms with Crippen LogP contribution in [0.1, 0.15) is 22.8 Å². The molecule has 6 N–H and O–H groups in total. The van der Waals surface area contributed by atoms with Gasteiger partial charge in [0, 0.05) is 22.6 Å². The molecule has 0 heterocycles. The second-order valence-corrected chi connectivity index (χ2v) is 4.30. The van der Waals surface area contributed by atoms with E-state index in [0.29, 0.717) is 11.3 Å². The Morgan fingerprint density at radius 1 is 0.947 bits per heavy atom. The van der Waals surface area contributed by atoms with Crippen LogP contribution in [0.5, 0.6) is 0 Å². The van der Waals surface area contributed by atoms with Gasteiger partial charge in [0.2, 0.25) is 0 Å². The van der Waals surface area contributed by atoms with Gasteiger partial charge < -0.3 is 17.2 Å². The van der Waals surface area contributed by atoms with Crippen LogP contribution in [0.3, 0.4) is 0 Å². The molecule has 0 aliphatic rings. The minimum Gasteiger partial charge on any atom is -0.399 e. The summed E-state index contributed by atoms with van der Waals surface area (Å²) < 4.78 is 0. The Balaban J connectivity index is 0.000000191. The lowest BCUT2D eigenvalue weighted by molar-refractivity contribution is 0.101. The van der Waals surface area contributed by atoms with Crippen molar-refractivity contribution in [3.63, 3.8) is 0 Å². The van der Waals surface area contributed by atoms with Crippen LogP contribution in [-0.2, 0) is 0 Å². The number of nitrogen functional groups attached to an aromatic ring is 3. The molecule has 19 heavy (non-hydrogen) atoms. The van der Waals surface area contributed by atoms with E-state index < -0.39 is 0 Å². The maximum absolute atomic E-state index is 10.7. The predicted molar refractivity (Wildman–Crippen MR) is 80.9 cm³/mol. The topological polar surface area (TPSA) is 95.1 Å². The van der Waals surface area contributed by atoms with Gasteiger partial charge in [0.1, 0.15) is 0 Å². The number of carbonyl (C=O) groups excluding carboxylic acids is 1. The molecule has 0 spiro atoms. The van der Waals surface area contributed by atoms with Crippen molar-refractivity contribution in [2.75, 3.05) is 17.2 Å². The highest BCUT2D eigenvalue weighted by Gasteiger charge is 1.96. The molecule has 0 fully saturated rings. The fraction of sp³-hybridized carbons (Fsp3) is 0.133. The minimum absolute atomic E-state index is 0.0484. The molecule has 4 heteroatoms. The highest BCUT2D eigenvalue weighted by molar-refractivity contribution is 5.94. The van der Waals surface area contributed by atoms with Crippen molar-refractivity contribution in [2.45, 2.75) is 13.8 Å². The first-order chi connectivity index (χ1) is 8.90. The summed E-state index contributed by atoms with van der Waals surface area (Å²) in [6.45, 7) is 3.48. The molecule has 0 aliphatic heterocycles. The van der Waals surface area contributed by atoms with Gasteiger partial charge in [-0.1, -0.05) is 18.2 Å². The zero-order chi connectivity index (χ0) is 14.4. The average molecular weight is 257 g/mol. The quantitative estimate of drug-likeness (QED) is 0.540. The molecular formula is C15H19N3O. The highest BCUT2D eigenvalue weighted by atomic mass is 16.1. The molecule has 0 unspecified atom stereocenters. The van der Waals surface area contributed by atoms with E-state index in [1.807, 2.05) is 19.1 Å². The highest BCUT2D eigenvalue weighted by Crippen LogP contribution is 2.13. The first-order valence-corrected chi connectivity index (χ1v) is 5.88. The number of aryl methyl sites for hydroxylation is 1. The Hall–Kier alpha value is -2.49. The summed E-state index contributed by atoms with van der Waals surface area (Å²) in [6.07, 6.45) is 0. The Bertz CT molecular complexity index is 579. The molecule has 0 aromatic heterocycles. The Morgan fingerprint density at radius 2 is 1.58 bits per heavy atom. The van der Waals surface area contributed by atoms with Gasteiger partial charge in [0.15, 0.2) is 5.78 Å². The summed E-state index contributed by atoms with van der Waals surface area (Å²) in [4.78, 5) is 10.7. The molecule has 0 bridgehead atoms. The van der Waals surface area contributed by atoms with Gasteiger partial charge in [-0.05, 0) is 43.7 Å². The van der Waals surface area contributed by atoms with Gasteiger partial charge in [-0.15, -0.1) is 0 Å². The summed E-state index contributed by atoms with van der Waals surface area (Å²) in [6, 6.07) is 12.4. The number of carbonyl (C=O) groups is 1. The molecule has 2 aromatic rings. The molecule has 0 saturated heterocycles. The molecule has 0 amide bonds. The molecular weight excluding hydrogens is 238 g/mol. The normalized spacial score (nSPS) is 9.37. The Morgan fingerprint density at radius 3 is 2.00 bits per heavy atom. The number of ketones is 1. The Labute approximate surface area is 113 Å². The van der Waals surface area contributed by atoms with Gasteiger partial charge in [0.25, 0.3) is 0 Å². The third kappa shape index (κ3) is 4.71. The van der Waals surface area contributed by atoms with Gasteiger partial charge in [-0.3, -0.25) is 4.79 Å². The Kier molecular flexibility index (Phi) is 4.94. The van der Waals surface area contributed by atoms with E-state index >= 15 is 0 Å². The van der Waals surface area contributed by atoms with Gasteiger partial charge >= 0.3 is 0 Å². The molecule has 4 nitrogen and oxygen atoms in total. The maximum Gasteiger partial charge on any atom is 0.159 e. The largest absolute Gasteiger partial charge is 0.399 e. The van der Waals surface area contributed by atoms with Gasteiger partial charge in [-0.25, -0.2) is 0 Å². The van der Waals surface area contributed by atoms with E-state index in [-0.39, 0.29) is 5.78 Å². The van der Waals surface area contributed by atoms with E-state index in [1.165, 1.54) is 6.92 Å². The van der Waals surface area contributed by atoms with Crippen molar-refractivity contribution in [3.05, 3.63) is 53.6 Å². The SMILES string of the molecule is CC(=O)c1cccc(N)c1.Cc1ccc(N)cc1N. The van der Waals surface area contributed by atoms with Crippen LogP contribution >= 0.6 is 0 Å². The first kappa shape index (κ1) is 14.6. The lowest BCUT2D eigenvalue weighted by Gasteiger charge is -1.98. The predicted octanol–water partition coefficient (Wildman–Crippen LogP) is 2.63. The minimum atomic E-state index is 0.0484. The first-order valence-electron chi connectivity index (χ1n) is 5.88. The average Bonchev–Trinajstić information content (AvgIpc) is 2.35. The lowest BCUT2D eigenvalue weighted by atomic mass is 10.1. The van der Waals surface area contributed by atoms with Gasteiger partial charge in [0.05, 0.1) is 0 Å². The van der Waals surface area contributed by atoms with Crippen LogP contribution in [-0.4, -0.2) is 5.78 Å². The fourth-order valence-corrected chi connectivity index (χ4v) is 1.42. The van der Waals surface area contributed by atoms with E-state index in [2.05, 4.69) is 0 Å². The summed E-state index contributed by atoms with van der Waals surface area (Å²) in [5.74, 6) is 0.0484. The van der Waals surface area contributed by atoms with Crippen LogP contribution < -0.4 is 17.2 Å². The molecule has 0 saturated carbocycles. The third-order valence-electron chi connectivity index (χ3n) is 2.60. The molecule has 0 aliphatic carbocycles. The van der Waals surface area contributed by atoms with Crippen molar-refractivity contribution in [1.82, 2.24) is 0 Å². The number of anilines is 3. The van der Waals surface area contributed by atoms with Crippen molar-refractivity contribution in [3.8, 4) is 0 Å². The number of nitrogens with two attached hydrogens (primary N) is 3. The summed E-state index contributed by atoms with van der Waals surface area (Å²) in [5, 5.41) is 0. The summed E-state index contributed by atoms with van der Waals surface area (Å²) in [5.41, 5.74) is 20.3. The summed E-state index contributed by atoms with van der Waals surface area (Å²) >= 11 is 0. The van der Waals surface area contributed by atoms with E-state index in [1.54, 1.807) is 30.3 Å². The van der Waals surface area contributed by atoms with Crippen LogP contribution in [0.25, 0.3) is 0 Å². The van der Waals surface area contributed by atoms with E-state index in [4.69, 9.17) is 17.2 Å². The molecule has 2 aromatic carbocycles. The number of Topliss-reactive ketones (excluding diaryl/α,β-unsaturated/α-hetero) is 1. The molecule has 100 valence electrons. The van der Waals surface area contributed by atoms with E-state index in [0.717, 1.165) is 16.9 Å². The number of hydrogen-bond acceptors (Lipinski definition) is 4. The van der Waals surface area contributed by atoms with Crippen LogP contribution in [0, 0.1) is 6.92 Å². The number of hydrogen-bond donors (Lipinski definition) is 3. The number of rotatable bonds is 1. The van der Waals surface area contributed by atoms with Crippen LogP contribution in [0.4, 0.5) is 17.1 Å². The maximum atomic E-state index is 10.7. The molecule has 0 atom stereocenters. The van der Waals surface area contributed by atoms with Crippen LogP contribution in [0.15, 0.2) is 42.5 Å². The van der Waals surface area contributed by atoms with Gasteiger partial charge in [-0.2, -0.15) is 0 Å². The zero-order valence-corrected chi connectivity index (χ0v) is 11.2. The van der Waals surface area contributed by atoms with E-state index in [9.17, 15) is 4.79 Å². The second-order valence-electron chi connectivity index (χ2n) is 4.30. The standard InChI is InChI=1S/C8H9NO.C7H10N2/c1-6(10)7-3-2-4-8(9)5-7;1-5-2-3-6(8)4-7(5)9/h2-5H,9H2,1H3;2-4H,8-9H2,1H3. The second kappa shape index (κ2) is 6.44. The number of benzene rings is 2. The monoisotopic (exact) mass is 257 g/mol. The smallest absolute Gasteiger partial charge is 0.159 e. The third-order valence-corrected chi connectivity index (χ3v) is 2.60. The molecule has 0 radical (unpaired) electrons. The summed E-state index contributed by atoms with van der Waals surface area (Å²) in [7, 11) is 0. The van der Waals surface area contributed by atoms with Crippen molar-refractivity contribution in [1.29, 1.82) is 0 Å². The lowest BCUT2D eigenvalue weighted by Crippen LogP contribution is -1.93. The van der Waals surface area contributed by atoms with Crippen molar-refractivity contribution in [2.24, 2.45) is 0 Å². The van der Waals surface area contributed by atoms with Crippen LogP contribution in [0.2, 0.25) is 0 Å². The van der Waals surface area contributed by atoms with Crippen molar-refractivity contribution >= 4 is 22.8 Å². The zero-order valence-electron chi connectivity index (χ0n) is 11.2. The van der Waals surface area contributed by atoms with Crippen molar-refractivity contribution < 1.29 is 4.79 Å². The molecule has 2 rings (SSSR count). The fourth-order valence-electron chi connectivity index (χ4n) is 1.42.